The van der Waals surface area contributed by atoms with Crippen molar-refractivity contribution in [3.63, 3.8) is 0 Å². The fourth-order valence-electron chi connectivity index (χ4n) is 2.13. The number of nitrogens with two attached hydrogens (primary N) is 1. The molecular weight excluding hydrogens is 256 g/mol. The zero-order chi connectivity index (χ0) is 14.1. The van der Waals surface area contributed by atoms with E-state index in [-0.39, 0.29) is 12.5 Å². The fourth-order valence-corrected chi connectivity index (χ4v) is 2.13. The lowest BCUT2D eigenvalue weighted by atomic mass is 10.2. The Balaban J connectivity index is 1.80. The number of rotatable bonds is 3. The van der Waals surface area contributed by atoms with Gasteiger partial charge in [0.1, 0.15) is 6.54 Å². The predicted octanol–water partition coefficient (Wildman–Crippen LogP) is 1.29. The van der Waals surface area contributed by atoms with Gasteiger partial charge in [0, 0.05) is 16.6 Å². The normalized spacial score (nSPS) is 10.8. The average Bonchev–Trinajstić information content (AvgIpc) is 2.95. The molecule has 2 heterocycles. The smallest absolute Gasteiger partial charge is 0.246 e. The number of carbonyl (C=O) groups excluding carboxylic acids is 1. The number of amides is 1. The largest absolute Gasteiger partial charge is 0.381 e. The SMILES string of the molecule is Cc1cc2c(NC(=O)Cn3cc(N)nn3)cccc2[nH]1. The number of nitrogens with zero attached hydrogens (tertiary/aromatic N) is 3. The van der Waals surface area contributed by atoms with Crippen LogP contribution in [0.25, 0.3) is 10.9 Å². The van der Waals surface area contributed by atoms with Crippen molar-refractivity contribution in [2.75, 3.05) is 11.1 Å². The van der Waals surface area contributed by atoms with E-state index in [4.69, 9.17) is 5.73 Å². The average molecular weight is 270 g/mol. The lowest BCUT2D eigenvalue weighted by Gasteiger charge is -2.06. The second kappa shape index (κ2) is 4.69. The molecule has 2 aromatic heterocycles. The minimum atomic E-state index is -0.179. The second-order valence-corrected chi connectivity index (χ2v) is 4.61. The van der Waals surface area contributed by atoms with Gasteiger partial charge in [-0.25, -0.2) is 4.68 Å². The molecule has 1 aromatic carbocycles. The van der Waals surface area contributed by atoms with E-state index in [2.05, 4.69) is 20.6 Å². The zero-order valence-electron chi connectivity index (χ0n) is 10.9. The number of aromatic nitrogens is 4. The summed E-state index contributed by atoms with van der Waals surface area (Å²) in [5.41, 5.74) is 8.26. The third-order valence-electron chi connectivity index (χ3n) is 2.93. The highest BCUT2D eigenvalue weighted by molar-refractivity contribution is 6.01. The van der Waals surface area contributed by atoms with Gasteiger partial charge in [-0.15, -0.1) is 5.10 Å². The monoisotopic (exact) mass is 270 g/mol. The van der Waals surface area contributed by atoms with Crippen LogP contribution in [0, 0.1) is 6.92 Å². The minimum absolute atomic E-state index is 0.0734. The zero-order valence-corrected chi connectivity index (χ0v) is 10.9. The van der Waals surface area contributed by atoms with Crippen LogP contribution in [0.15, 0.2) is 30.5 Å². The maximum atomic E-state index is 12.0. The lowest BCUT2D eigenvalue weighted by molar-refractivity contribution is -0.116. The van der Waals surface area contributed by atoms with Crippen molar-refractivity contribution in [1.29, 1.82) is 0 Å². The number of carbonyl (C=O) groups is 1. The summed E-state index contributed by atoms with van der Waals surface area (Å²) in [5.74, 6) is 0.113. The molecule has 0 spiro atoms. The third-order valence-corrected chi connectivity index (χ3v) is 2.93. The van der Waals surface area contributed by atoms with Gasteiger partial charge >= 0.3 is 0 Å². The first kappa shape index (κ1) is 12.2. The Hall–Kier alpha value is -2.83. The number of benzene rings is 1. The Bertz CT molecular complexity index is 772. The number of fused-ring (bicyclic) bond motifs is 1. The molecule has 3 rings (SSSR count). The van der Waals surface area contributed by atoms with E-state index >= 15 is 0 Å². The Morgan fingerprint density at radius 3 is 3.10 bits per heavy atom. The van der Waals surface area contributed by atoms with Gasteiger partial charge in [0.2, 0.25) is 5.91 Å². The number of nitrogen functional groups attached to an aromatic ring is 1. The first-order chi connectivity index (χ1) is 9.61. The molecule has 0 saturated carbocycles. The van der Waals surface area contributed by atoms with Crippen LogP contribution < -0.4 is 11.1 Å². The van der Waals surface area contributed by atoms with Crippen LogP contribution in [0.3, 0.4) is 0 Å². The number of anilines is 2. The van der Waals surface area contributed by atoms with Gasteiger partial charge in [0.05, 0.1) is 11.9 Å². The molecule has 0 aliphatic heterocycles. The summed E-state index contributed by atoms with van der Waals surface area (Å²) >= 11 is 0. The van der Waals surface area contributed by atoms with Crippen LogP contribution in [-0.2, 0) is 11.3 Å². The molecule has 0 aliphatic rings. The molecule has 1 amide bonds. The molecule has 0 bridgehead atoms. The second-order valence-electron chi connectivity index (χ2n) is 4.61. The third kappa shape index (κ3) is 2.33. The van der Waals surface area contributed by atoms with Gasteiger partial charge in [-0.3, -0.25) is 4.79 Å². The van der Waals surface area contributed by atoms with Gasteiger partial charge in [-0.1, -0.05) is 11.3 Å². The standard InChI is InChI=1S/C13H14N6O/c1-8-5-9-10(15-8)3-2-4-11(9)16-13(20)7-19-6-12(14)17-18-19/h2-6,15H,7,14H2,1H3,(H,16,20). The van der Waals surface area contributed by atoms with E-state index < -0.39 is 0 Å². The number of H-pyrrole nitrogens is 1. The van der Waals surface area contributed by atoms with Gasteiger partial charge < -0.3 is 16.0 Å². The van der Waals surface area contributed by atoms with Crippen LogP contribution in [0.1, 0.15) is 5.69 Å². The lowest BCUT2D eigenvalue weighted by Crippen LogP contribution is -2.19. The number of hydrogen-bond acceptors (Lipinski definition) is 4. The van der Waals surface area contributed by atoms with Crippen LogP contribution in [-0.4, -0.2) is 25.9 Å². The highest BCUT2D eigenvalue weighted by atomic mass is 16.2. The van der Waals surface area contributed by atoms with E-state index in [0.29, 0.717) is 5.82 Å². The van der Waals surface area contributed by atoms with Crippen molar-refractivity contribution in [3.05, 3.63) is 36.2 Å². The molecule has 0 aliphatic carbocycles. The van der Waals surface area contributed by atoms with E-state index in [9.17, 15) is 4.79 Å². The molecule has 102 valence electrons. The van der Waals surface area contributed by atoms with Crippen molar-refractivity contribution in [1.82, 2.24) is 20.0 Å². The topological polar surface area (TPSA) is 102 Å². The molecule has 0 radical (unpaired) electrons. The highest BCUT2D eigenvalue weighted by Gasteiger charge is 2.09. The van der Waals surface area contributed by atoms with Gasteiger partial charge in [0.15, 0.2) is 5.82 Å². The van der Waals surface area contributed by atoms with Crippen molar-refractivity contribution >= 4 is 28.3 Å². The molecule has 0 atom stereocenters. The molecule has 3 aromatic rings. The molecule has 7 heteroatoms. The van der Waals surface area contributed by atoms with E-state index in [0.717, 1.165) is 22.3 Å². The van der Waals surface area contributed by atoms with E-state index in [1.54, 1.807) is 0 Å². The molecule has 20 heavy (non-hydrogen) atoms. The first-order valence-corrected chi connectivity index (χ1v) is 6.15. The summed E-state index contributed by atoms with van der Waals surface area (Å²) in [6.45, 7) is 2.05. The Morgan fingerprint density at radius 1 is 1.50 bits per heavy atom. The molecule has 4 N–H and O–H groups in total. The summed E-state index contributed by atoms with van der Waals surface area (Å²) in [5, 5.41) is 11.2. The Kier molecular flexibility index (Phi) is 2.86. The molecule has 0 unspecified atom stereocenters. The van der Waals surface area contributed by atoms with Crippen molar-refractivity contribution in [2.24, 2.45) is 0 Å². The molecule has 7 nitrogen and oxygen atoms in total. The number of hydrogen-bond donors (Lipinski definition) is 3. The number of aryl methyl sites for hydroxylation is 1. The van der Waals surface area contributed by atoms with Crippen molar-refractivity contribution in [2.45, 2.75) is 13.5 Å². The quantitative estimate of drug-likeness (QED) is 0.667. The van der Waals surface area contributed by atoms with Crippen molar-refractivity contribution in [3.8, 4) is 0 Å². The first-order valence-electron chi connectivity index (χ1n) is 6.15. The van der Waals surface area contributed by atoms with Crippen LogP contribution in [0.4, 0.5) is 11.5 Å². The number of nitrogens with one attached hydrogen (secondary N) is 2. The van der Waals surface area contributed by atoms with E-state index in [1.165, 1.54) is 10.9 Å². The molecule has 0 saturated heterocycles. The Morgan fingerprint density at radius 2 is 2.35 bits per heavy atom. The summed E-state index contributed by atoms with van der Waals surface area (Å²) in [7, 11) is 0. The summed E-state index contributed by atoms with van der Waals surface area (Å²) in [4.78, 5) is 15.2. The number of aromatic amines is 1. The fraction of sp³-hybridized carbons (Fsp3) is 0.154. The van der Waals surface area contributed by atoms with Crippen LogP contribution in [0.2, 0.25) is 0 Å². The van der Waals surface area contributed by atoms with Crippen LogP contribution in [0.5, 0.6) is 0 Å². The molecule has 0 fully saturated rings. The Labute approximate surface area is 114 Å². The van der Waals surface area contributed by atoms with Crippen LogP contribution >= 0.6 is 0 Å². The minimum Gasteiger partial charge on any atom is -0.381 e. The van der Waals surface area contributed by atoms with Crippen molar-refractivity contribution < 1.29 is 4.79 Å². The summed E-state index contributed by atoms with van der Waals surface area (Å²) < 4.78 is 1.40. The maximum Gasteiger partial charge on any atom is 0.246 e. The summed E-state index contributed by atoms with van der Waals surface area (Å²) in [6, 6.07) is 7.72. The molecular formula is C13H14N6O. The summed E-state index contributed by atoms with van der Waals surface area (Å²) in [6.07, 6.45) is 1.51. The predicted molar refractivity (Wildman–Crippen MR) is 76.1 cm³/mol. The van der Waals surface area contributed by atoms with Gasteiger partial charge in [0.25, 0.3) is 0 Å². The van der Waals surface area contributed by atoms with E-state index in [1.807, 2.05) is 31.2 Å². The maximum absolute atomic E-state index is 12.0. The highest BCUT2D eigenvalue weighted by Crippen LogP contribution is 2.23. The van der Waals surface area contributed by atoms with Gasteiger partial charge in [-0.2, -0.15) is 0 Å². The van der Waals surface area contributed by atoms with Gasteiger partial charge in [-0.05, 0) is 25.1 Å².